The molecule has 0 bridgehead atoms. The highest BCUT2D eigenvalue weighted by Crippen LogP contribution is 2.18. The standard InChI is InChI=1S/C18H27FN4O3S2.HI/c1-20-18(21-9-2-11-27-16-5-3-14(19)4-6-16)22-10-7-17(24)23-15-8-12-28(25,26)13-15;/h3-6,15H,2,7-13H2,1H3,(H,23,24)(H2,20,21,22);1H. The van der Waals surface area contributed by atoms with Crippen LogP contribution in [0.2, 0.25) is 0 Å². The van der Waals surface area contributed by atoms with Crippen LogP contribution in [0.15, 0.2) is 34.2 Å². The number of nitrogens with one attached hydrogen (secondary N) is 3. The van der Waals surface area contributed by atoms with Crippen LogP contribution >= 0.6 is 35.7 Å². The van der Waals surface area contributed by atoms with Crippen LogP contribution in [0, 0.1) is 5.82 Å². The van der Waals surface area contributed by atoms with E-state index in [0.29, 0.717) is 18.9 Å². The molecule has 29 heavy (non-hydrogen) atoms. The second-order valence-corrected chi connectivity index (χ2v) is 9.90. The summed E-state index contributed by atoms with van der Waals surface area (Å²) < 4.78 is 35.7. The molecular formula is C18H28FIN4O3S2. The van der Waals surface area contributed by atoms with E-state index in [9.17, 15) is 17.6 Å². The third-order valence-corrected chi connectivity index (χ3v) is 7.03. The number of thioether (sulfide) groups is 1. The molecule has 0 aliphatic carbocycles. The van der Waals surface area contributed by atoms with E-state index in [-0.39, 0.29) is 59.7 Å². The van der Waals surface area contributed by atoms with E-state index in [1.54, 1.807) is 30.9 Å². The van der Waals surface area contributed by atoms with E-state index in [4.69, 9.17) is 0 Å². The zero-order valence-corrected chi connectivity index (χ0v) is 20.3. The Morgan fingerprint density at radius 1 is 1.24 bits per heavy atom. The average molecular weight is 558 g/mol. The Balaban J connectivity index is 0.00000420. The normalized spacial score (nSPS) is 18.0. The van der Waals surface area contributed by atoms with E-state index in [1.807, 2.05) is 0 Å². The van der Waals surface area contributed by atoms with Gasteiger partial charge in [0.1, 0.15) is 5.82 Å². The van der Waals surface area contributed by atoms with Crippen LogP contribution in [0.5, 0.6) is 0 Å². The van der Waals surface area contributed by atoms with Gasteiger partial charge in [0.2, 0.25) is 5.91 Å². The monoisotopic (exact) mass is 558 g/mol. The summed E-state index contributed by atoms with van der Waals surface area (Å²) in [5.74, 6) is 1.28. The van der Waals surface area contributed by atoms with E-state index in [0.717, 1.165) is 23.6 Å². The number of aliphatic imine (C=N–C) groups is 1. The van der Waals surface area contributed by atoms with Gasteiger partial charge in [-0.05, 0) is 42.9 Å². The van der Waals surface area contributed by atoms with Crippen LogP contribution in [-0.4, -0.2) is 63.7 Å². The number of hydrogen-bond donors (Lipinski definition) is 3. The van der Waals surface area contributed by atoms with E-state index in [1.165, 1.54) is 12.1 Å². The van der Waals surface area contributed by atoms with Crippen LogP contribution in [0.4, 0.5) is 4.39 Å². The molecule has 0 saturated carbocycles. The molecule has 1 aromatic rings. The predicted molar refractivity (Wildman–Crippen MR) is 126 cm³/mol. The minimum atomic E-state index is -2.99. The predicted octanol–water partition coefficient (Wildman–Crippen LogP) is 1.78. The van der Waals surface area contributed by atoms with Gasteiger partial charge in [0.25, 0.3) is 0 Å². The number of hydrogen-bond acceptors (Lipinski definition) is 5. The number of guanidine groups is 1. The van der Waals surface area contributed by atoms with Gasteiger partial charge in [0.15, 0.2) is 15.8 Å². The minimum Gasteiger partial charge on any atom is -0.356 e. The van der Waals surface area contributed by atoms with Crippen molar-refractivity contribution in [2.75, 3.05) is 37.4 Å². The lowest BCUT2D eigenvalue weighted by Crippen LogP contribution is -2.41. The van der Waals surface area contributed by atoms with Gasteiger partial charge in [-0.2, -0.15) is 0 Å². The Hall–Kier alpha value is -1.08. The lowest BCUT2D eigenvalue weighted by atomic mass is 10.2. The third kappa shape index (κ3) is 10.5. The van der Waals surface area contributed by atoms with Crippen LogP contribution in [-0.2, 0) is 14.6 Å². The molecule has 0 spiro atoms. The second-order valence-electron chi connectivity index (χ2n) is 6.50. The van der Waals surface area contributed by atoms with Gasteiger partial charge >= 0.3 is 0 Å². The molecular weight excluding hydrogens is 530 g/mol. The molecule has 0 radical (unpaired) electrons. The summed E-state index contributed by atoms with van der Waals surface area (Å²) in [6.07, 6.45) is 1.64. The van der Waals surface area contributed by atoms with Gasteiger partial charge in [-0.15, -0.1) is 35.7 Å². The van der Waals surface area contributed by atoms with Crippen molar-refractivity contribution < 1.29 is 17.6 Å². The van der Waals surface area contributed by atoms with Crippen molar-refractivity contribution in [1.82, 2.24) is 16.0 Å². The molecule has 1 saturated heterocycles. The molecule has 1 aromatic carbocycles. The summed E-state index contributed by atoms with van der Waals surface area (Å²) >= 11 is 1.66. The maximum Gasteiger partial charge on any atom is 0.222 e. The Morgan fingerprint density at radius 2 is 1.93 bits per heavy atom. The largest absolute Gasteiger partial charge is 0.356 e. The van der Waals surface area contributed by atoms with Gasteiger partial charge in [-0.25, -0.2) is 12.8 Å². The fraction of sp³-hybridized carbons (Fsp3) is 0.556. The molecule has 1 amide bonds. The Morgan fingerprint density at radius 3 is 2.55 bits per heavy atom. The number of amides is 1. The molecule has 3 N–H and O–H groups in total. The SMILES string of the molecule is CN=C(NCCCSc1ccc(F)cc1)NCCC(=O)NC1CCS(=O)(=O)C1.I. The smallest absolute Gasteiger partial charge is 0.222 e. The second kappa shape index (κ2) is 13.3. The van der Waals surface area contributed by atoms with Crippen molar-refractivity contribution in [3.8, 4) is 0 Å². The number of carbonyl (C=O) groups is 1. The first-order valence-corrected chi connectivity index (χ1v) is 12.0. The van der Waals surface area contributed by atoms with Gasteiger partial charge in [-0.1, -0.05) is 0 Å². The molecule has 2 rings (SSSR count). The Bertz CT molecular complexity index is 776. The quantitative estimate of drug-likeness (QED) is 0.141. The summed E-state index contributed by atoms with van der Waals surface area (Å²) in [5, 5.41) is 9.01. The molecule has 1 aliphatic heterocycles. The average Bonchev–Trinajstić information content (AvgIpc) is 2.99. The van der Waals surface area contributed by atoms with Crippen LogP contribution in [0.25, 0.3) is 0 Å². The lowest BCUT2D eigenvalue weighted by Gasteiger charge is -2.13. The number of benzene rings is 1. The van der Waals surface area contributed by atoms with Crippen molar-refractivity contribution in [1.29, 1.82) is 0 Å². The van der Waals surface area contributed by atoms with Gasteiger partial charge in [0.05, 0.1) is 11.5 Å². The molecule has 1 aliphatic rings. The molecule has 0 aromatic heterocycles. The first-order chi connectivity index (χ1) is 13.4. The number of sulfone groups is 1. The molecule has 1 atom stereocenters. The fourth-order valence-electron chi connectivity index (χ4n) is 2.72. The maximum absolute atomic E-state index is 12.9. The highest BCUT2D eigenvalue weighted by atomic mass is 127. The van der Waals surface area contributed by atoms with Gasteiger partial charge in [0, 0.05) is 37.5 Å². The van der Waals surface area contributed by atoms with Crippen LogP contribution in [0.1, 0.15) is 19.3 Å². The van der Waals surface area contributed by atoms with Crippen molar-refractivity contribution in [2.24, 2.45) is 4.99 Å². The molecule has 164 valence electrons. The zero-order valence-electron chi connectivity index (χ0n) is 16.3. The summed E-state index contributed by atoms with van der Waals surface area (Å²) in [5.41, 5.74) is 0. The number of carbonyl (C=O) groups excluding carboxylic acids is 1. The van der Waals surface area contributed by atoms with E-state index >= 15 is 0 Å². The first-order valence-electron chi connectivity index (χ1n) is 9.20. The summed E-state index contributed by atoms with van der Waals surface area (Å²) in [6.45, 7) is 1.13. The molecule has 7 nitrogen and oxygen atoms in total. The summed E-state index contributed by atoms with van der Waals surface area (Å²) in [4.78, 5) is 17.0. The zero-order chi connectivity index (χ0) is 20.4. The molecule has 1 unspecified atom stereocenters. The van der Waals surface area contributed by atoms with E-state index in [2.05, 4.69) is 20.9 Å². The highest BCUT2D eigenvalue weighted by Gasteiger charge is 2.28. The minimum absolute atomic E-state index is 0. The third-order valence-electron chi connectivity index (χ3n) is 4.16. The van der Waals surface area contributed by atoms with Crippen molar-refractivity contribution in [3.05, 3.63) is 30.1 Å². The Kier molecular flexibility index (Phi) is 11.9. The number of halogens is 2. The molecule has 11 heteroatoms. The van der Waals surface area contributed by atoms with Crippen molar-refractivity contribution in [3.63, 3.8) is 0 Å². The lowest BCUT2D eigenvalue weighted by molar-refractivity contribution is -0.121. The topological polar surface area (TPSA) is 99.7 Å². The van der Waals surface area contributed by atoms with Crippen molar-refractivity contribution in [2.45, 2.75) is 30.2 Å². The Labute approximate surface area is 193 Å². The summed E-state index contributed by atoms with van der Waals surface area (Å²) in [7, 11) is -1.33. The molecule has 1 fully saturated rings. The van der Waals surface area contributed by atoms with Crippen molar-refractivity contribution >= 4 is 57.4 Å². The summed E-state index contributed by atoms with van der Waals surface area (Å²) in [6, 6.07) is 6.16. The first kappa shape index (κ1) is 26.0. The maximum atomic E-state index is 12.9. The van der Waals surface area contributed by atoms with Gasteiger partial charge in [-0.3, -0.25) is 9.79 Å². The molecule has 1 heterocycles. The van der Waals surface area contributed by atoms with Crippen LogP contribution < -0.4 is 16.0 Å². The van der Waals surface area contributed by atoms with E-state index < -0.39 is 9.84 Å². The number of rotatable bonds is 9. The fourth-order valence-corrected chi connectivity index (χ4v) is 5.25. The number of nitrogens with zero attached hydrogens (tertiary/aromatic N) is 1. The van der Waals surface area contributed by atoms with Gasteiger partial charge < -0.3 is 16.0 Å². The highest BCUT2D eigenvalue weighted by molar-refractivity contribution is 14.0. The van der Waals surface area contributed by atoms with Crippen LogP contribution in [0.3, 0.4) is 0 Å².